The molecule has 0 rings (SSSR count). The predicted molar refractivity (Wildman–Crippen MR) is 77.6 cm³/mol. The van der Waals surface area contributed by atoms with Crippen molar-refractivity contribution in [1.82, 2.24) is 5.32 Å². The van der Waals surface area contributed by atoms with E-state index in [-0.39, 0.29) is 11.0 Å². The second kappa shape index (κ2) is 8.98. The molecule has 5 heteroatoms. The van der Waals surface area contributed by atoms with Crippen LogP contribution in [-0.4, -0.2) is 16.7 Å². The quantitative estimate of drug-likeness (QED) is 0.598. The smallest absolute Gasteiger partial charge is 0.283 e. The minimum Gasteiger partial charge on any atom is -0.283 e. The van der Waals surface area contributed by atoms with Gasteiger partial charge in [0, 0.05) is 15.5 Å². The molecule has 0 aromatic heterocycles. The first-order chi connectivity index (χ1) is 7.94. The molecule has 0 saturated carbocycles. The van der Waals surface area contributed by atoms with Gasteiger partial charge in [-0.25, -0.2) is 0 Å². The minimum absolute atomic E-state index is 0.150. The van der Waals surface area contributed by atoms with Crippen LogP contribution >= 0.6 is 8.25 Å². The van der Waals surface area contributed by atoms with Gasteiger partial charge in [0.15, 0.2) is 6.23 Å². The Kier molecular flexibility index (Phi) is 10.1. The number of unbranched alkanes of at least 4 members (excludes halogenated alkanes) is 1. The lowest BCUT2D eigenvalue weighted by molar-refractivity contribution is 0.0322. The highest BCUT2D eigenvalue weighted by atomic mass is 31.1. The van der Waals surface area contributed by atoms with Crippen molar-refractivity contribution in [3.05, 3.63) is 0 Å². The molecule has 0 radical (unpaired) electrons. The first kappa shape index (κ1) is 20.3. The summed E-state index contributed by atoms with van der Waals surface area (Å²) in [5.74, 6) is 0. The second-order valence-corrected chi connectivity index (χ2v) is 7.17. The Morgan fingerprint density at radius 1 is 1.11 bits per heavy atom. The first-order valence-corrected chi connectivity index (χ1v) is 7.67. The van der Waals surface area contributed by atoms with E-state index in [0.717, 1.165) is 0 Å². The average Bonchev–Trinajstić information content (AvgIpc) is 2.13. The highest BCUT2D eigenvalue weighted by Gasteiger charge is 2.36. The number of hydrogen-bond donors (Lipinski definition) is 2. The fraction of sp³-hybridized carbons (Fsp3) is 1.00. The number of rotatable bonds is 4. The van der Waals surface area contributed by atoms with Crippen LogP contribution in [0.1, 0.15) is 68.2 Å². The summed E-state index contributed by atoms with van der Waals surface area (Å²) >= 11 is 0. The van der Waals surface area contributed by atoms with Crippen molar-refractivity contribution in [1.29, 1.82) is 0 Å². The van der Waals surface area contributed by atoms with Gasteiger partial charge in [-0.3, -0.25) is 5.32 Å². The summed E-state index contributed by atoms with van der Waals surface area (Å²) in [6.45, 7) is 16.2. The van der Waals surface area contributed by atoms with Crippen LogP contribution in [0.2, 0.25) is 0 Å². The Balaban J connectivity index is 0. The summed E-state index contributed by atoms with van der Waals surface area (Å²) in [5, 5.41) is 3.16. The molecule has 0 saturated heterocycles. The molecular weight excluding hydrogens is 249 g/mol. The highest BCUT2D eigenvalue weighted by Crippen LogP contribution is 2.29. The average molecular weight is 280 g/mol. The third kappa shape index (κ3) is 14.0. The van der Waals surface area contributed by atoms with Crippen LogP contribution in [-0.2, 0) is 9.09 Å². The molecule has 0 amide bonds. The molecule has 2 N–H and O–H groups in total. The van der Waals surface area contributed by atoms with E-state index in [9.17, 15) is 4.57 Å². The lowest BCUT2D eigenvalue weighted by Crippen LogP contribution is -2.50. The standard InChI is InChI=1S/C9H20NO3P.C4H10/c1-8(2,3)7(13-14(11)12)10-9(4,5)6;1-3-4-2/h7,10H,1-6H3;3-4H2,1-2H3/p+1. The SMILES string of the molecule is CC(C)(C)NC(O[P+](=O)O)C(C)(C)C.CCCC. The monoisotopic (exact) mass is 280 g/mol. The van der Waals surface area contributed by atoms with Crippen molar-refractivity contribution in [3.63, 3.8) is 0 Å². The highest BCUT2D eigenvalue weighted by molar-refractivity contribution is 7.32. The Morgan fingerprint density at radius 3 is 1.67 bits per heavy atom. The van der Waals surface area contributed by atoms with Crippen molar-refractivity contribution in [2.24, 2.45) is 5.41 Å². The molecule has 0 aliphatic heterocycles. The maximum Gasteiger partial charge on any atom is 0.696 e. The van der Waals surface area contributed by atoms with Gasteiger partial charge in [-0.15, -0.1) is 4.89 Å². The lowest BCUT2D eigenvalue weighted by Gasteiger charge is -2.32. The normalized spacial score (nSPS) is 14.6. The maximum absolute atomic E-state index is 10.6. The van der Waals surface area contributed by atoms with Crippen LogP contribution in [0.15, 0.2) is 0 Å². The third-order valence-electron chi connectivity index (χ3n) is 2.05. The van der Waals surface area contributed by atoms with Gasteiger partial charge < -0.3 is 0 Å². The van der Waals surface area contributed by atoms with Gasteiger partial charge in [-0.05, 0) is 20.8 Å². The zero-order chi connectivity index (χ0) is 15.0. The maximum atomic E-state index is 10.6. The van der Waals surface area contributed by atoms with Crippen molar-refractivity contribution >= 4 is 8.25 Å². The molecule has 2 unspecified atom stereocenters. The van der Waals surface area contributed by atoms with Crippen LogP contribution in [0.5, 0.6) is 0 Å². The van der Waals surface area contributed by atoms with Gasteiger partial charge >= 0.3 is 8.25 Å². The van der Waals surface area contributed by atoms with E-state index in [1.165, 1.54) is 12.8 Å². The molecule has 0 aromatic carbocycles. The Bertz CT molecular complexity index is 229. The largest absolute Gasteiger partial charge is 0.696 e. The molecule has 0 aromatic rings. The van der Waals surface area contributed by atoms with E-state index in [1.807, 2.05) is 41.5 Å². The van der Waals surface area contributed by atoms with Gasteiger partial charge in [-0.1, -0.05) is 52.0 Å². The molecule has 0 bridgehead atoms. The summed E-state index contributed by atoms with van der Waals surface area (Å²) in [7, 11) is -2.57. The van der Waals surface area contributed by atoms with Gasteiger partial charge in [0.2, 0.25) is 0 Å². The summed E-state index contributed by atoms with van der Waals surface area (Å²) in [5.41, 5.74) is -0.371. The lowest BCUT2D eigenvalue weighted by atomic mass is 9.92. The summed E-state index contributed by atoms with van der Waals surface area (Å²) in [4.78, 5) is 8.73. The topological polar surface area (TPSA) is 58.6 Å². The van der Waals surface area contributed by atoms with Crippen molar-refractivity contribution in [2.75, 3.05) is 0 Å². The molecule has 4 nitrogen and oxygen atoms in total. The fourth-order valence-electron chi connectivity index (χ4n) is 0.884. The van der Waals surface area contributed by atoms with Crippen LogP contribution in [0.4, 0.5) is 0 Å². The van der Waals surface area contributed by atoms with E-state index < -0.39 is 14.5 Å². The van der Waals surface area contributed by atoms with Crippen molar-refractivity contribution in [3.8, 4) is 0 Å². The summed E-state index contributed by atoms with van der Waals surface area (Å²) in [6.07, 6.45) is 2.20. The van der Waals surface area contributed by atoms with Crippen molar-refractivity contribution < 1.29 is 14.0 Å². The summed E-state index contributed by atoms with van der Waals surface area (Å²) < 4.78 is 15.6. The fourth-order valence-corrected chi connectivity index (χ4v) is 1.43. The molecule has 110 valence electrons. The number of nitrogens with one attached hydrogen (secondary N) is 1. The second-order valence-electron chi connectivity index (χ2n) is 6.48. The molecule has 18 heavy (non-hydrogen) atoms. The van der Waals surface area contributed by atoms with Gasteiger partial charge in [-0.2, -0.15) is 0 Å². The van der Waals surface area contributed by atoms with Gasteiger partial charge in [0.1, 0.15) is 0 Å². The van der Waals surface area contributed by atoms with E-state index in [2.05, 4.69) is 19.2 Å². The van der Waals surface area contributed by atoms with Crippen LogP contribution in [0.25, 0.3) is 0 Å². The zero-order valence-corrected chi connectivity index (χ0v) is 14.1. The molecule has 0 heterocycles. The van der Waals surface area contributed by atoms with Crippen LogP contribution < -0.4 is 5.32 Å². The molecule has 0 aliphatic carbocycles. The first-order valence-electron chi connectivity index (χ1n) is 6.54. The zero-order valence-electron chi connectivity index (χ0n) is 13.2. The van der Waals surface area contributed by atoms with E-state index in [1.54, 1.807) is 0 Å². The molecule has 2 atom stereocenters. The van der Waals surface area contributed by atoms with Gasteiger partial charge in [0.05, 0.1) is 0 Å². The Labute approximate surface area is 113 Å². The van der Waals surface area contributed by atoms with Crippen LogP contribution in [0, 0.1) is 5.41 Å². The molecule has 0 fully saturated rings. The third-order valence-corrected chi connectivity index (χ3v) is 2.44. The van der Waals surface area contributed by atoms with Crippen molar-refractivity contribution in [2.45, 2.75) is 80.0 Å². The van der Waals surface area contributed by atoms with E-state index >= 15 is 0 Å². The van der Waals surface area contributed by atoms with E-state index in [0.29, 0.717) is 0 Å². The van der Waals surface area contributed by atoms with Crippen LogP contribution in [0.3, 0.4) is 0 Å². The Morgan fingerprint density at radius 2 is 1.50 bits per heavy atom. The predicted octanol–water partition coefficient (Wildman–Crippen LogP) is 4.22. The minimum atomic E-state index is -2.57. The van der Waals surface area contributed by atoms with E-state index in [4.69, 9.17) is 9.42 Å². The molecule has 0 spiro atoms. The summed E-state index contributed by atoms with van der Waals surface area (Å²) in [6, 6.07) is 0. The number of hydrogen-bond acceptors (Lipinski definition) is 3. The van der Waals surface area contributed by atoms with Gasteiger partial charge in [0.25, 0.3) is 0 Å². The molecular formula is C13H31NO3P+. The Hall–Kier alpha value is -0.0200. The molecule has 0 aliphatic rings.